The van der Waals surface area contributed by atoms with E-state index in [0.29, 0.717) is 18.8 Å². The molecule has 2 N–H and O–H groups in total. The highest BCUT2D eigenvalue weighted by molar-refractivity contribution is 5.68. The summed E-state index contributed by atoms with van der Waals surface area (Å²) in [5.74, 6) is 0. The van der Waals surface area contributed by atoms with Crippen LogP contribution in [0.5, 0.6) is 0 Å². The van der Waals surface area contributed by atoms with Gasteiger partial charge in [0.15, 0.2) is 0 Å². The molecule has 1 aromatic rings. The molecule has 22 heavy (non-hydrogen) atoms. The zero-order valence-corrected chi connectivity index (χ0v) is 12.6. The Morgan fingerprint density at radius 3 is 2.82 bits per heavy atom. The minimum atomic E-state index is -0.508. The molecule has 1 aliphatic rings. The van der Waals surface area contributed by atoms with Gasteiger partial charge in [-0.25, -0.2) is 0 Å². The summed E-state index contributed by atoms with van der Waals surface area (Å²) in [4.78, 5) is 10.7. The first-order valence-electron chi connectivity index (χ1n) is 7.23. The average molecular weight is 304 g/mol. The quantitative estimate of drug-likeness (QED) is 0.615. The van der Waals surface area contributed by atoms with Gasteiger partial charge in [-0.2, -0.15) is 5.26 Å². The van der Waals surface area contributed by atoms with E-state index in [9.17, 15) is 10.1 Å². The van der Waals surface area contributed by atoms with E-state index in [1.807, 2.05) is 6.07 Å². The van der Waals surface area contributed by atoms with Crippen LogP contribution >= 0.6 is 0 Å². The molecule has 0 saturated carbocycles. The van der Waals surface area contributed by atoms with Gasteiger partial charge in [-0.1, -0.05) is 6.07 Å². The minimum absolute atomic E-state index is 0.0451. The fourth-order valence-corrected chi connectivity index (χ4v) is 2.89. The summed E-state index contributed by atoms with van der Waals surface area (Å²) >= 11 is 0. The molecule has 0 atom stereocenters. The molecular formula is C15H20N4O3. The first kappa shape index (κ1) is 16.2. The highest BCUT2D eigenvalue weighted by Gasteiger charge is 2.32. The Bertz CT molecular complexity index is 571. The van der Waals surface area contributed by atoms with Gasteiger partial charge in [0.05, 0.1) is 11.5 Å². The van der Waals surface area contributed by atoms with Crippen LogP contribution < -0.4 is 10.6 Å². The Morgan fingerprint density at radius 1 is 1.50 bits per heavy atom. The summed E-state index contributed by atoms with van der Waals surface area (Å²) in [7, 11) is 1.67. The van der Waals surface area contributed by atoms with Crippen LogP contribution in [0.2, 0.25) is 0 Å². The number of methoxy groups -OCH3 is 1. The van der Waals surface area contributed by atoms with Gasteiger partial charge in [0, 0.05) is 19.1 Å². The Hall–Kier alpha value is -2.17. The molecule has 1 aliphatic heterocycles. The van der Waals surface area contributed by atoms with E-state index in [1.54, 1.807) is 19.2 Å². The van der Waals surface area contributed by atoms with E-state index in [1.165, 1.54) is 6.07 Å². The summed E-state index contributed by atoms with van der Waals surface area (Å²) in [6, 6.07) is 6.62. The number of nitro benzene ring substituents is 1. The van der Waals surface area contributed by atoms with Crippen LogP contribution in [0.4, 0.5) is 11.4 Å². The number of ether oxygens (including phenoxy) is 1. The lowest BCUT2D eigenvalue weighted by molar-refractivity contribution is -0.384. The average Bonchev–Trinajstić information content (AvgIpc) is 2.53. The highest BCUT2D eigenvalue weighted by Crippen LogP contribution is 2.33. The maximum Gasteiger partial charge on any atom is 0.309 e. The predicted octanol–water partition coefficient (Wildman–Crippen LogP) is 1.89. The van der Waals surface area contributed by atoms with Crippen molar-refractivity contribution in [2.45, 2.75) is 12.8 Å². The third-order valence-electron chi connectivity index (χ3n) is 4.11. The number of nitro groups is 1. The molecule has 0 aliphatic carbocycles. The normalized spacial score (nSPS) is 16.7. The standard InChI is InChI=1S/C15H20N4O3/c1-22-11-15(5-7-17-8-6-15)10-18-13-4-2-3-12(9-16)14(13)19(20)21/h2-4,17-18H,5-8,10-11H2,1H3. The van der Waals surface area contributed by atoms with Crippen molar-refractivity contribution < 1.29 is 9.66 Å². The van der Waals surface area contributed by atoms with E-state index >= 15 is 0 Å². The predicted molar refractivity (Wildman–Crippen MR) is 82.7 cm³/mol. The van der Waals surface area contributed by atoms with Crippen molar-refractivity contribution >= 4 is 11.4 Å². The van der Waals surface area contributed by atoms with Crippen molar-refractivity contribution in [3.05, 3.63) is 33.9 Å². The highest BCUT2D eigenvalue weighted by atomic mass is 16.6. The molecule has 2 rings (SSSR count). The van der Waals surface area contributed by atoms with Crippen LogP contribution in [0.25, 0.3) is 0 Å². The van der Waals surface area contributed by atoms with Crippen LogP contribution in [0.3, 0.4) is 0 Å². The first-order chi connectivity index (χ1) is 10.6. The monoisotopic (exact) mass is 304 g/mol. The lowest BCUT2D eigenvalue weighted by atomic mass is 9.79. The number of hydrogen-bond acceptors (Lipinski definition) is 6. The van der Waals surface area contributed by atoms with Crippen LogP contribution in [0.15, 0.2) is 18.2 Å². The number of nitrogens with zero attached hydrogens (tertiary/aromatic N) is 2. The van der Waals surface area contributed by atoms with Crippen molar-refractivity contribution in [3.63, 3.8) is 0 Å². The van der Waals surface area contributed by atoms with Gasteiger partial charge in [-0.3, -0.25) is 10.1 Å². The van der Waals surface area contributed by atoms with Gasteiger partial charge in [0.2, 0.25) is 0 Å². The molecule has 118 valence electrons. The topological polar surface area (TPSA) is 100 Å². The number of anilines is 1. The van der Waals surface area contributed by atoms with Crippen molar-refractivity contribution in [3.8, 4) is 6.07 Å². The van der Waals surface area contributed by atoms with Crippen LogP contribution in [-0.4, -0.2) is 38.3 Å². The van der Waals surface area contributed by atoms with Crippen molar-refractivity contribution in [1.82, 2.24) is 5.32 Å². The SMILES string of the molecule is COCC1(CNc2cccc(C#N)c2[N+](=O)[O-])CCNCC1. The van der Waals surface area contributed by atoms with Gasteiger partial charge >= 0.3 is 5.69 Å². The van der Waals surface area contributed by atoms with Crippen LogP contribution in [0, 0.1) is 26.9 Å². The molecule has 0 amide bonds. The molecule has 7 heteroatoms. The van der Waals surface area contributed by atoms with Crippen LogP contribution in [-0.2, 0) is 4.74 Å². The van der Waals surface area contributed by atoms with E-state index in [4.69, 9.17) is 10.00 Å². The zero-order valence-electron chi connectivity index (χ0n) is 12.6. The number of nitriles is 1. The van der Waals surface area contributed by atoms with E-state index in [2.05, 4.69) is 10.6 Å². The number of benzene rings is 1. The Kier molecular flexibility index (Phi) is 5.31. The molecule has 0 bridgehead atoms. The lowest BCUT2D eigenvalue weighted by Gasteiger charge is -2.37. The van der Waals surface area contributed by atoms with E-state index in [-0.39, 0.29) is 16.7 Å². The van der Waals surface area contributed by atoms with Gasteiger partial charge in [-0.15, -0.1) is 0 Å². The summed E-state index contributed by atoms with van der Waals surface area (Å²) in [6.07, 6.45) is 1.89. The number of piperidine rings is 1. The van der Waals surface area contributed by atoms with E-state index < -0.39 is 4.92 Å². The zero-order chi connectivity index (χ0) is 16.0. The molecule has 1 aromatic carbocycles. The van der Waals surface area contributed by atoms with Crippen LogP contribution in [0.1, 0.15) is 18.4 Å². The van der Waals surface area contributed by atoms with Gasteiger partial charge < -0.3 is 15.4 Å². The molecule has 1 heterocycles. The molecular weight excluding hydrogens is 284 g/mol. The number of hydrogen-bond donors (Lipinski definition) is 2. The number of para-hydroxylation sites is 1. The smallest absolute Gasteiger partial charge is 0.309 e. The molecule has 1 saturated heterocycles. The third kappa shape index (κ3) is 3.53. The molecule has 0 radical (unpaired) electrons. The first-order valence-corrected chi connectivity index (χ1v) is 7.23. The fourth-order valence-electron chi connectivity index (χ4n) is 2.89. The second-order valence-electron chi connectivity index (χ2n) is 5.61. The Balaban J connectivity index is 2.20. The summed E-state index contributed by atoms with van der Waals surface area (Å²) < 4.78 is 5.34. The second kappa shape index (κ2) is 7.20. The summed E-state index contributed by atoms with van der Waals surface area (Å²) in [6.45, 7) is 3.00. The largest absolute Gasteiger partial charge is 0.384 e. The van der Waals surface area contributed by atoms with Crippen molar-refractivity contribution in [1.29, 1.82) is 5.26 Å². The Morgan fingerprint density at radius 2 is 2.23 bits per heavy atom. The molecule has 1 fully saturated rings. The van der Waals surface area contributed by atoms with Crippen molar-refractivity contribution in [2.75, 3.05) is 38.7 Å². The Labute approximate surface area is 129 Å². The minimum Gasteiger partial charge on any atom is -0.384 e. The summed E-state index contributed by atoms with van der Waals surface area (Å²) in [5, 5.41) is 26.7. The van der Waals surface area contributed by atoms with E-state index in [0.717, 1.165) is 25.9 Å². The number of rotatable bonds is 6. The third-order valence-corrected chi connectivity index (χ3v) is 4.11. The van der Waals surface area contributed by atoms with Crippen molar-refractivity contribution in [2.24, 2.45) is 5.41 Å². The van der Waals surface area contributed by atoms with Gasteiger partial charge in [-0.05, 0) is 38.1 Å². The maximum atomic E-state index is 11.2. The summed E-state index contributed by atoms with van der Waals surface area (Å²) in [5.41, 5.74) is 0.252. The lowest BCUT2D eigenvalue weighted by Crippen LogP contribution is -2.44. The maximum absolute atomic E-state index is 11.2. The molecule has 0 spiro atoms. The second-order valence-corrected chi connectivity index (χ2v) is 5.61. The van der Waals surface area contributed by atoms with Gasteiger partial charge in [0.1, 0.15) is 17.3 Å². The van der Waals surface area contributed by atoms with Gasteiger partial charge in [0.25, 0.3) is 0 Å². The molecule has 0 unspecified atom stereocenters. The molecule has 7 nitrogen and oxygen atoms in total. The fraction of sp³-hybridized carbons (Fsp3) is 0.533. The molecule has 0 aromatic heterocycles. The number of nitrogens with one attached hydrogen (secondary N) is 2.